The Morgan fingerprint density at radius 3 is 2.42 bits per heavy atom. The molecule has 2 aliphatic carbocycles. The van der Waals surface area contributed by atoms with Crippen molar-refractivity contribution in [2.75, 3.05) is 52.9 Å². The second-order valence-electron chi connectivity index (χ2n) is 18.2. The number of carbonyl (C=O) groups excluding carboxylic acids is 1. The number of carbonyl (C=O) groups is 1. The Labute approximate surface area is 401 Å². The average molecular weight is 945 g/mol. The van der Waals surface area contributed by atoms with Crippen LogP contribution in [0.3, 0.4) is 0 Å². The van der Waals surface area contributed by atoms with Crippen LogP contribution in [0.5, 0.6) is 28.7 Å². The standard InChI is InChI=1S/C53H60N4O12/c1-2-27-66-53-49(56(33-37-14-20-47-48(29-37)65-35-64-47)52(60)68-40-17-15-39(16-18-40)57(61)62)32-45(54-67-34-36-10-4-3-5-11-36)43-30-38(12-6-8-25-58)42(13-7-9-26-59)50(51(43)53)44-31-41(19-21-46(44)69-53)63-28-24-55-22-23-55/h2-5,10-11,14-21,29-31,38,42,49-51,58-59H,1,6-9,12-13,22-28,32-35H2/t38-,42+,49-,50+,51+,53+/m0/s1. The van der Waals surface area contributed by atoms with Gasteiger partial charge in [-0.15, -0.1) is 6.58 Å². The average Bonchev–Trinajstić information content (AvgIpc) is 4.07. The quantitative estimate of drug-likeness (QED) is 0.0237. The SMILES string of the molecule is C=CCO[C@@]12Oc3ccc(OCCN4CC4)cc3[C@H]3[C@H](CCCCO)[C@@H](CCCCO)C=C(C(=NOCc4ccccc4)C[C@@H]1N(Cc1ccc4c(c1)OCO4)C(=O)Oc1ccc([N+](=O)[O-])cc1)[C@H]32. The molecular formula is C53H60N4O12. The fraction of sp³-hybridized carbons (Fsp3) is 0.434. The van der Waals surface area contributed by atoms with Gasteiger partial charge in [0.05, 0.1) is 23.2 Å². The van der Waals surface area contributed by atoms with Gasteiger partial charge < -0.3 is 43.5 Å². The summed E-state index contributed by atoms with van der Waals surface area (Å²) in [6, 6.07) is 25.6. The zero-order valence-electron chi connectivity index (χ0n) is 38.7. The molecule has 9 rings (SSSR count). The van der Waals surface area contributed by atoms with Gasteiger partial charge in [-0.05, 0) is 96.7 Å². The number of fused-ring (bicyclic) bond motifs is 3. The molecule has 69 heavy (non-hydrogen) atoms. The van der Waals surface area contributed by atoms with Crippen molar-refractivity contribution < 1.29 is 53.2 Å². The normalized spacial score (nSPS) is 23.5. The van der Waals surface area contributed by atoms with Crippen LogP contribution in [0.1, 0.15) is 67.6 Å². The maximum atomic E-state index is 15.2. The molecule has 364 valence electrons. The molecule has 0 radical (unpaired) electrons. The topological polar surface area (TPSA) is 184 Å². The lowest BCUT2D eigenvalue weighted by Gasteiger charge is -2.59. The van der Waals surface area contributed by atoms with E-state index in [1.54, 1.807) is 17.0 Å². The summed E-state index contributed by atoms with van der Waals surface area (Å²) in [5.41, 5.74) is 3.91. The highest BCUT2D eigenvalue weighted by molar-refractivity contribution is 6.03. The molecule has 4 aromatic rings. The van der Waals surface area contributed by atoms with E-state index in [9.17, 15) is 20.3 Å². The van der Waals surface area contributed by atoms with Gasteiger partial charge in [-0.2, -0.15) is 0 Å². The third kappa shape index (κ3) is 10.7. The van der Waals surface area contributed by atoms with Gasteiger partial charge in [0.15, 0.2) is 11.5 Å². The zero-order chi connectivity index (χ0) is 47.7. The Morgan fingerprint density at radius 1 is 0.913 bits per heavy atom. The molecule has 3 heterocycles. The van der Waals surface area contributed by atoms with E-state index in [-0.39, 0.29) is 75.4 Å². The van der Waals surface area contributed by atoms with Gasteiger partial charge in [0.2, 0.25) is 12.6 Å². The number of nitro benzene ring substituents is 1. The van der Waals surface area contributed by atoms with Gasteiger partial charge in [0.1, 0.15) is 36.5 Å². The number of rotatable bonds is 23. The van der Waals surface area contributed by atoms with E-state index < -0.39 is 28.8 Å². The minimum atomic E-state index is -1.59. The number of amides is 1. The van der Waals surface area contributed by atoms with E-state index in [1.807, 2.05) is 54.6 Å². The van der Waals surface area contributed by atoms with Crippen LogP contribution in [-0.2, 0) is 22.7 Å². The van der Waals surface area contributed by atoms with Crippen molar-refractivity contribution in [3.05, 3.63) is 142 Å². The minimum absolute atomic E-state index is 0.00854. The van der Waals surface area contributed by atoms with Gasteiger partial charge >= 0.3 is 6.09 Å². The highest BCUT2D eigenvalue weighted by Gasteiger charge is 2.66. The van der Waals surface area contributed by atoms with Crippen LogP contribution in [-0.4, -0.2) is 101 Å². The number of ether oxygens (including phenoxy) is 6. The summed E-state index contributed by atoms with van der Waals surface area (Å²) in [6.07, 6.45) is 7.67. The van der Waals surface area contributed by atoms with Crippen LogP contribution in [0.15, 0.2) is 120 Å². The largest absolute Gasteiger partial charge is 0.492 e. The molecule has 1 saturated carbocycles. The predicted octanol–water partition coefficient (Wildman–Crippen LogP) is 8.55. The van der Waals surface area contributed by atoms with Crippen molar-refractivity contribution in [3.63, 3.8) is 0 Å². The Balaban J connectivity index is 1.22. The summed E-state index contributed by atoms with van der Waals surface area (Å²) in [7, 11) is 0. The van der Waals surface area contributed by atoms with E-state index in [0.717, 1.165) is 62.0 Å². The third-order valence-electron chi connectivity index (χ3n) is 13.8. The lowest BCUT2D eigenvalue weighted by atomic mass is 9.55. The summed E-state index contributed by atoms with van der Waals surface area (Å²) in [5, 5.41) is 36.6. The summed E-state index contributed by atoms with van der Waals surface area (Å²) >= 11 is 0. The van der Waals surface area contributed by atoms with Crippen LogP contribution >= 0.6 is 0 Å². The fourth-order valence-electron chi connectivity index (χ4n) is 10.4. The number of hydrogen-bond acceptors (Lipinski definition) is 14. The number of nitrogens with zero attached hydrogens (tertiary/aromatic N) is 4. The Bertz CT molecular complexity index is 2500. The van der Waals surface area contributed by atoms with Crippen molar-refractivity contribution in [2.45, 2.75) is 75.8 Å². The summed E-state index contributed by atoms with van der Waals surface area (Å²) in [5.74, 6) is 0.0531. The second kappa shape index (κ2) is 21.9. The summed E-state index contributed by atoms with van der Waals surface area (Å²) in [4.78, 5) is 36.5. The maximum absolute atomic E-state index is 15.2. The van der Waals surface area contributed by atoms with Gasteiger partial charge in [0.25, 0.3) is 5.69 Å². The van der Waals surface area contributed by atoms with Crippen LogP contribution in [0.25, 0.3) is 0 Å². The Kier molecular flexibility index (Phi) is 15.1. The molecule has 0 aromatic heterocycles. The van der Waals surface area contributed by atoms with E-state index in [0.29, 0.717) is 53.7 Å². The summed E-state index contributed by atoms with van der Waals surface area (Å²) < 4.78 is 38.6. The van der Waals surface area contributed by atoms with Crippen molar-refractivity contribution in [2.24, 2.45) is 22.9 Å². The highest BCUT2D eigenvalue weighted by atomic mass is 16.7. The van der Waals surface area contributed by atoms with Gasteiger partial charge in [-0.1, -0.05) is 66.5 Å². The van der Waals surface area contributed by atoms with Gasteiger partial charge in [-0.25, -0.2) is 4.79 Å². The number of allylic oxidation sites excluding steroid dienone is 1. The smallest absolute Gasteiger partial charge is 0.416 e. The first kappa shape index (κ1) is 47.6. The molecule has 3 aliphatic heterocycles. The van der Waals surface area contributed by atoms with Gasteiger partial charge in [0, 0.05) is 69.4 Å². The van der Waals surface area contributed by atoms with E-state index in [2.05, 4.69) is 23.6 Å². The Hall–Kier alpha value is -6.46. The number of benzene rings is 4. The van der Waals surface area contributed by atoms with Crippen LogP contribution in [0, 0.1) is 27.9 Å². The predicted molar refractivity (Wildman–Crippen MR) is 255 cm³/mol. The van der Waals surface area contributed by atoms with Crippen LogP contribution in [0.2, 0.25) is 0 Å². The van der Waals surface area contributed by atoms with Crippen molar-refractivity contribution in [1.82, 2.24) is 9.80 Å². The molecule has 2 fully saturated rings. The van der Waals surface area contributed by atoms with Crippen LogP contribution in [0.4, 0.5) is 10.5 Å². The molecule has 2 N–H and O–H groups in total. The molecule has 4 aromatic carbocycles. The first-order chi connectivity index (χ1) is 33.8. The lowest BCUT2D eigenvalue weighted by molar-refractivity contribution is -0.384. The molecule has 16 heteroatoms. The maximum Gasteiger partial charge on any atom is 0.416 e. The van der Waals surface area contributed by atoms with E-state index in [1.165, 1.54) is 24.3 Å². The number of oxime groups is 1. The zero-order valence-corrected chi connectivity index (χ0v) is 38.7. The number of unbranched alkanes of at least 4 members (excludes halogenated alkanes) is 2. The van der Waals surface area contributed by atoms with E-state index in [4.69, 9.17) is 38.4 Å². The molecular weight excluding hydrogens is 885 g/mol. The number of aliphatic hydroxyl groups excluding tert-OH is 2. The molecule has 16 nitrogen and oxygen atoms in total. The third-order valence-corrected chi connectivity index (χ3v) is 13.8. The fourth-order valence-corrected chi connectivity index (χ4v) is 10.4. The highest BCUT2D eigenvalue weighted by Crippen LogP contribution is 2.62. The molecule has 0 unspecified atom stereocenters. The van der Waals surface area contributed by atoms with Gasteiger partial charge in [-0.3, -0.25) is 19.9 Å². The first-order valence-corrected chi connectivity index (χ1v) is 24.0. The molecule has 1 saturated heterocycles. The number of nitro groups is 1. The van der Waals surface area contributed by atoms with Crippen molar-refractivity contribution >= 4 is 17.5 Å². The lowest BCUT2D eigenvalue weighted by Crippen LogP contribution is -2.70. The molecule has 5 aliphatic rings. The van der Waals surface area contributed by atoms with E-state index >= 15 is 4.79 Å². The summed E-state index contributed by atoms with van der Waals surface area (Å²) in [6.45, 7) is 7.97. The minimum Gasteiger partial charge on any atom is -0.492 e. The first-order valence-electron chi connectivity index (χ1n) is 24.0. The molecule has 1 amide bonds. The molecule has 0 bridgehead atoms. The van der Waals surface area contributed by atoms with Crippen LogP contribution < -0.4 is 23.7 Å². The Morgan fingerprint density at radius 2 is 1.67 bits per heavy atom. The van der Waals surface area contributed by atoms with Crippen molar-refractivity contribution in [1.29, 1.82) is 0 Å². The molecule has 0 spiro atoms. The monoisotopic (exact) mass is 944 g/mol. The van der Waals surface area contributed by atoms with Crippen molar-refractivity contribution in [3.8, 4) is 28.7 Å². The number of aliphatic hydroxyl groups is 2. The number of non-ortho nitro benzene ring substituents is 1. The second-order valence-corrected chi connectivity index (χ2v) is 18.2. The molecule has 6 atom stereocenters. The number of hydrogen-bond donors (Lipinski definition) is 2.